The van der Waals surface area contributed by atoms with Crippen LogP contribution in [0.3, 0.4) is 0 Å². The Morgan fingerprint density at radius 1 is 1.77 bits per heavy atom. The van der Waals surface area contributed by atoms with E-state index in [4.69, 9.17) is 5.11 Å². The van der Waals surface area contributed by atoms with Crippen molar-refractivity contribution in [3.8, 4) is 0 Å². The molecule has 0 aliphatic heterocycles. The number of H-pyrrole nitrogens is 1. The fourth-order valence-corrected chi connectivity index (χ4v) is 2.02. The lowest BCUT2D eigenvalue weighted by atomic mass is 9.79. The number of carbonyl (C=O) groups is 1. The molecular formula is C9H12N2O2. The lowest BCUT2D eigenvalue weighted by Gasteiger charge is -2.24. The van der Waals surface area contributed by atoms with Crippen molar-refractivity contribution in [1.82, 2.24) is 10.2 Å². The SMILES string of the molecule is CC1c2cn[nH]c2CCC1C(=O)O. The van der Waals surface area contributed by atoms with Gasteiger partial charge in [-0.3, -0.25) is 9.89 Å². The Hall–Kier alpha value is -1.32. The molecule has 0 saturated carbocycles. The number of carboxylic acids is 1. The Kier molecular flexibility index (Phi) is 1.83. The number of aromatic amines is 1. The van der Waals surface area contributed by atoms with Gasteiger partial charge in [0.15, 0.2) is 0 Å². The number of aryl methyl sites for hydroxylation is 1. The van der Waals surface area contributed by atoms with E-state index in [9.17, 15) is 4.79 Å². The number of aromatic nitrogens is 2. The third-order valence-corrected chi connectivity index (χ3v) is 2.87. The molecule has 0 saturated heterocycles. The van der Waals surface area contributed by atoms with E-state index in [1.165, 1.54) is 0 Å². The summed E-state index contributed by atoms with van der Waals surface area (Å²) in [6, 6.07) is 0. The van der Waals surface area contributed by atoms with Crippen LogP contribution in [0.2, 0.25) is 0 Å². The molecule has 2 atom stereocenters. The molecule has 1 aromatic heterocycles. The molecule has 2 N–H and O–H groups in total. The van der Waals surface area contributed by atoms with Crippen molar-refractivity contribution < 1.29 is 9.90 Å². The van der Waals surface area contributed by atoms with Crippen LogP contribution in [0.15, 0.2) is 6.20 Å². The predicted molar refractivity (Wildman–Crippen MR) is 46.4 cm³/mol. The minimum absolute atomic E-state index is 0.0833. The Balaban J connectivity index is 2.32. The average molecular weight is 180 g/mol. The maximum absolute atomic E-state index is 10.9. The first-order valence-corrected chi connectivity index (χ1v) is 4.45. The monoisotopic (exact) mass is 180 g/mol. The molecule has 13 heavy (non-hydrogen) atoms. The number of nitrogens with zero attached hydrogens (tertiary/aromatic N) is 1. The molecule has 0 fully saturated rings. The average Bonchev–Trinajstić information content (AvgIpc) is 2.52. The summed E-state index contributed by atoms with van der Waals surface area (Å²) in [5.74, 6) is -0.857. The van der Waals surface area contributed by atoms with Gasteiger partial charge in [0.25, 0.3) is 0 Å². The lowest BCUT2D eigenvalue weighted by molar-refractivity contribution is -0.142. The minimum atomic E-state index is -0.695. The van der Waals surface area contributed by atoms with Gasteiger partial charge in [0.05, 0.1) is 12.1 Å². The third-order valence-electron chi connectivity index (χ3n) is 2.87. The minimum Gasteiger partial charge on any atom is -0.481 e. The van der Waals surface area contributed by atoms with Crippen LogP contribution >= 0.6 is 0 Å². The van der Waals surface area contributed by atoms with Crippen molar-refractivity contribution in [2.45, 2.75) is 25.7 Å². The summed E-state index contributed by atoms with van der Waals surface area (Å²) in [6.07, 6.45) is 3.26. The smallest absolute Gasteiger partial charge is 0.307 e. The van der Waals surface area contributed by atoms with Crippen LogP contribution in [0.4, 0.5) is 0 Å². The summed E-state index contributed by atoms with van der Waals surface area (Å²) < 4.78 is 0. The second-order valence-corrected chi connectivity index (χ2v) is 3.58. The van der Waals surface area contributed by atoms with Gasteiger partial charge in [-0.15, -0.1) is 0 Å². The number of fused-ring (bicyclic) bond motifs is 1. The number of rotatable bonds is 1. The molecule has 0 radical (unpaired) electrons. The first-order chi connectivity index (χ1) is 6.20. The van der Waals surface area contributed by atoms with E-state index in [2.05, 4.69) is 10.2 Å². The second-order valence-electron chi connectivity index (χ2n) is 3.58. The molecule has 4 heteroatoms. The lowest BCUT2D eigenvalue weighted by Crippen LogP contribution is -2.25. The third kappa shape index (κ3) is 1.22. The van der Waals surface area contributed by atoms with Crippen molar-refractivity contribution in [3.05, 3.63) is 17.5 Å². The summed E-state index contributed by atoms with van der Waals surface area (Å²) in [7, 11) is 0. The van der Waals surface area contributed by atoms with E-state index >= 15 is 0 Å². The number of aliphatic carboxylic acids is 1. The van der Waals surface area contributed by atoms with Gasteiger partial charge in [0.2, 0.25) is 0 Å². The molecule has 2 unspecified atom stereocenters. The Bertz CT molecular complexity index is 332. The summed E-state index contributed by atoms with van der Waals surface area (Å²) in [5.41, 5.74) is 2.17. The maximum Gasteiger partial charge on any atom is 0.307 e. The van der Waals surface area contributed by atoms with Crippen molar-refractivity contribution in [1.29, 1.82) is 0 Å². The normalized spacial score (nSPS) is 26.8. The Morgan fingerprint density at radius 2 is 2.54 bits per heavy atom. The van der Waals surface area contributed by atoms with Crippen LogP contribution < -0.4 is 0 Å². The predicted octanol–water partition coefficient (Wildman–Crippen LogP) is 1.16. The molecule has 0 amide bonds. The molecule has 0 bridgehead atoms. The standard InChI is InChI=1S/C9H12N2O2/c1-5-6(9(12)13)2-3-8-7(5)4-10-11-8/h4-6H,2-3H2,1H3,(H,10,11)(H,12,13). The highest BCUT2D eigenvalue weighted by atomic mass is 16.4. The number of carboxylic acid groups (broad SMARTS) is 1. The van der Waals surface area contributed by atoms with E-state index in [1.54, 1.807) is 6.20 Å². The number of nitrogens with one attached hydrogen (secondary N) is 1. The zero-order valence-electron chi connectivity index (χ0n) is 7.45. The van der Waals surface area contributed by atoms with Crippen LogP contribution in [-0.2, 0) is 11.2 Å². The van der Waals surface area contributed by atoms with Gasteiger partial charge in [-0.05, 0) is 24.3 Å². The summed E-state index contributed by atoms with van der Waals surface area (Å²) in [4.78, 5) is 10.9. The van der Waals surface area contributed by atoms with Gasteiger partial charge in [-0.25, -0.2) is 0 Å². The van der Waals surface area contributed by atoms with Crippen molar-refractivity contribution in [2.75, 3.05) is 0 Å². The zero-order chi connectivity index (χ0) is 9.42. The van der Waals surface area contributed by atoms with Gasteiger partial charge in [-0.1, -0.05) is 6.92 Å². The first kappa shape index (κ1) is 8.29. The summed E-state index contributed by atoms with van der Waals surface area (Å²) in [6.45, 7) is 1.95. The summed E-state index contributed by atoms with van der Waals surface area (Å²) >= 11 is 0. The number of hydrogen-bond donors (Lipinski definition) is 2. The molecule has 1 aliphatic carbocycles. The van der Waals surface area contributed by atoms with Crippen LogP contribution in [0, 0.1) is 5.92 Å². The fourth-order valence-electron chi connectivity index (χ4n) is 2.02. The van der Waals surface area contributed by atoms with Crippen LogP contribution in [0.1, 0.15) is 30.5 Å². The van der Waals surface area contributed by atoms with Crippen LogP contribution in [0.5, 0.6) is 0 Å². The Morgan fingerprint density at radius 3 is 3.23 bits per heavy atom. The number of hydrogen-bond acceptors (Lipinski definition) is 2. The van der Waals surface area contributed by atoms with Gasteiger partial charge in [0.1, 0.15) is 0 Å². The van der Waals surface area contributed by atoms with E-state index in [1.807, 2.05) is 6.92 Å². The molecule has 0 spiro atoms. The highest BCUT2D eigenvalue weighted by Gasteiger charge is 2.32. The summed E-state index contributed by atoms with van der Waals surface area (Å²) in [5, 5.41) is 15.8. The largest absolute Gasteiger partial charge is 0.481 e. The Labute approximate surface area is 76.0 Å². The quantitative estimate of drug-likeness (QED) is 0.681. The van der Waals surface area contributed by atoms with E-state index in [0.29, 0.717) is 6.42 Å². The zero-order valence-corrected chi connectivity index (χ0v) is 7.45. The first-order valence-electron chi connectivity index (χ1n) is 4.45. The topological polar surface area (TPSA) is 66.0 Å². The fraction of sp³-hybridized carbons (Fsp3) is 0.556. The van der Waals surface area contributed by atoms with E-state index < -0.39 is 5.97 Å². The van der Waals surface area contributed by atoms with Crippen LogP contribution in [0.25, 0.3) is 0 Å². The molecule has 2 rings (SSSR count). The molecule has 0 aromatic carbocycles. The van der Waals surface area contributed by atoms with Crippen molar-refractivity contribution >= 4 is 5.97 Å². The van der Waals surface area contributed by atoms with E-state index in [0.717, 1.165) is 17.7 Å². The molecule has 1 aromatic rings. The maximum atomic E-state index is 10.9. The van der Waals surface area contributed by atoms with E-state index in [-0.39, 0.29) is 11.8 Å². The molecular weight excluding hydrogens is 168 g/mol. The highest BCUT2D eigenvalue weighted by Crippen LogP contribution is 2.34. The molecule has 1 heterocycles. The van der Waals surface area contributed by atoms with Gasteiger partial charge >= 0.3 is 5.97 Å². The van der Waals surface area contributed by atoms with Gasteiger partial charge in [0, 0.05) is 5.69 Å². The molecule has 1 aliphatic rings. The molecule has 70 valence electrons. The second kappa shape index (κ2) is 2.87. The van der Waals surface area contributed by atoms with Gasteiger partial charge < -0.3 is 5.11 Å². The van der Waals surface area contributed by atoms with Crippen molar-refractivity contribution in [2.24, 2.45) is 5.92 Å². The van der Waals surface area contributed by atoms with Gasteiger partial charge in [-0.2, -0.15) is 5.10 Å². The van der Waals surface area contributed by atoms with Crippen molar-refractivity contribution in [3.63, 3.8) is 0 Å². The highest BCUT2D eigenvalue weighted by molar-refractivity contribution is 5.71. The van der Waals surface area contributed by atoms with Crippen LogP contribution in [-0.4, -0.2) is 21.3 Å². The molecule has 4 nitrogen and oxygen atoms in total.